The van der Waals surface area contributed by atoms with Gasteiger partial charge in [-0.2, -0.15) is 0 Å². The van der Waals surface area contributed by atoms with Crippen molar-refractivity contribution in [2.24, 2.45) is 4.99 Å². The molecule has 0 unspecified atom stereocenters. The first-order valence-corrected chi connectivity index (χ1v) is 15.2. The van der Waals surface area contributed by atoms with Crippen molar-refractivity contribution >= 4 is 41.0 Å². The number of hydrazine groups is 1. The molecule has 1 aliphatic rings. The van der Waals surface area contributed by atoms with Gasteiger partial charge in [0.15, 0.2) is 11.6 Å². The molecule has 12 heteroatoms. The number of benzene rings is 3. The number of hydrogen-bond acceptors (Lipinski definition) is 8. The van der Waals surface area contributed by atoms with Crippen LogP contribution in [-0.4, -0.2) is 47.2 Å². The zero-order valence-electron chi connectivity index (χ0n) is 25.2. The number of hydrogen-bond donors (Lipinski definition) is 3. The highest BCUT2D eigenvalue weighted by molar-refractivity contribution is 6.35. The first-order chi connectivity index (χ1) is 21.4. The van der Waals surface area contributed by atoms with Crippen LogP contribution in [0.25, 0.3) is 0 Å². The lowest BCUT2D eigenvalue weighted by Crippen LogP contribution is -2.52. The zero-order chi connectivity index (χ0) is 32.6. The summed E-state index contributed by atoms with van der Waals surface area (Å²) in [5.74, 6) is -0.867. The molecule has 0 bridgehead atoms. The second kappa shape index (κ2) is 15.1. The minimum atomic E-state index is -1.71. The molecular weight excluding hydrogens is 624 g/mol. The molecule has 2 atom stereocenters. The predicted molar refractivity (Wildman–Crippen MR) is 170 cm³/mol. The Labute approximate surface area is 271 Å². The lowest BCUT2D eigenvalue weighted by Gasteiger charge is -2.31. The number of nitrogens with zero attached hydrogens (tertiary/aromatic N) is 1. The molecule has 240 valence electrons. The highest BCUT2D eigenvalue weighted by Crippen LogP contribution is 2.45. The summed E-state index contributed by atoms with van der Waals surface area (Å²) in [6.45, 7) is 5.60. The number of carbonyl (C=O) groups excluding carboxylic acids is 2. The van der Waals surface area contributed by atoms with Crippen molar-refractivity contribution < 1.29 is 33.3 Å². The van der Waals surface area contributed by atoms with E-state index in [-0.39, 0.29) is 36.9 Å². The second-order valence-corrected chi connectivity index (χ2v) is 12.3. The number of esters is 1. The number of aliphatic imine (C=N–C) groups is 1. The SMILES string of the molecule is CC(C)(C)OC(=O)CC[C@]1(C(=O)NNCc2ccccc2F)N=C(c2ccc(OCCCO)cc2)O[C@H]1c1ccc(Cl)cc1Cl. The molecule has 0 spiro atoms. The number of aliphatic hydroxyl groups excluding tert-OH is 1. The van der Waals surface area contributed by atoms with Gasteiger partial charge in [-0.1, -0.05) is 47.5 Å². The second-order valence-electron chi connectivity index (χ2n) is 11.4. The highest BCUT2D eigenvalue weighted by atomic mass is 35.5. The van der Waals surface area contributed by atoms with Crippen molar-refractivity contribution in [1.29, 1.82) is 0 Å². The maximum Gasteiger partial charge on any atom is 0.306 e. The monoisotopic (exact) mass is 659 g/mol. The van der Waals surface area contributed by atoms with E-state index in [9.17, 15) is 14.0 Å². The molecule has 0 aliphatic carbocycles. The average molecular weight is 661 g/mol. The smallest absolute Gasteiger partial charge is 0.306 e. The van der Waals surface area contributed by atoms with Gasteiger partial charge in [-0.3, -0.25) is 15.0 Å². The number of carbonyl (C=O) groups is 2. The summed E-state index contributed by atoms with van der Waals surface area (Å²) in [5, 5.41) is 9.65. The fourth-order valence-corrected chi connectivity index (χ4v) is 5.22. The lowest BCUT2D eigenvalue weighted by molar-refractivity contribution is -0.155. The third kappa shape index (κ3) is 8.94. The Kier molecular flexibility index (Phi) is 11.4. The van der Waals surface area contributed by atoms with Crippen LogP contribution in [0.15, 0.2) is 71.7 Å². The molecule has 45 heavy (non-hydrogen) atoms. The van der Waals surface area contributed by atoms with E-state index in [1.165, 1.54) is 12.1 Å². The third-order valence-corrected chi connectivity index (χ3v) is 7.41. The van der Waals surface area contributed by atoms with Crippen LogP contribution in [0.1, 0.15) is 62.8 Å². The Balaban J connectivity index is 1.72. The van der Waals surface area contributed by atoms with Crippen LogP contribution in [0.3, 0.4) is 0 Å². The van der Waals surface area contributed by atoms with E-state index in [1.807, 2.05) is 0 Å². The molecule has 0 radical (unpaired) electrons. The van der Waals surface area contributed by atoms with Gasteiger partial charge in [0.2, 0.25) is 5.90 Å². The van der Waals surface area contributed by atoms with Gasteiger partial charge in [0.1, 0.15) is 17.2 Å². The number of rotatable bonds is 13. The van der Waals surface area contributed by atoms with E-state index in [2.05, 4.69) is 10.9 Å². The number of halogens is 3. The van der Waals surface area contributed by atoms with Crippen LogP contribution in [0.2, 0.25) is 10.0 Å². The first kappa shape index (κ1) is 34.2. The van der Waals surface area contributed by atoms with Crippen LogP contribution >= 0.6 is 23.2 Å². The van der Waals surface area contributed by atoms with Gasteiger partial charge in [0, 0.05) is 52.7 Å². The summed E-state index contributed by atoms with van der Waals surface area (Å²) in [6, 6.07) is 17.9. The summed E-state index contributed by atoms with van der Waals surface area (Å²) in [5.41, 5.74) is 4.30. The largest absolute Gasteiger partial charge is 0.494 e. The minimum absolute atomic E-state index is 0.0118. The van der Waals surface area contributed by atoms with Crippen molar-refractivity contribution in [3.8, 4) is 5.75 Å². The first-order valence-electron chi connectivity index (χ1n) is 14.5. The molecule has 0 saturated carbocycles. The fraction of sp³-hybridized carbons (Fsp3) is 0.364. The van der Waals surface area contributed by atoms with Crippen molar-refractivity contribution in [2.45, 2.75) is 63.8 Å². The standard InChI is InChI=1S/C33H36Cl2FN3O6/c1-32(2,3)45-28(41)15-16-33(31(42)39-37-20-22-7-4-5-8-27(22)36)29(25-14-11-23(34)19-26(25)35)44-30(38-33)21-9-12-24(13-10-21)43-18-6-17-40/h4-5,7-14,19,29,37,40H,6,15-18,20H2,1-3H3,(H,39,42)/t29-,33-/m0/s1. The molecule has 4 rings (SSSR count). The summed E-state index contributed by atoms with van der Waals surface area (Å²) in [7, 11) is 0. The maximum atomic E-state index is 14.3. The van der Waals surface area contributed by atoms with E-state index in [4.69, 9.17) is 47.5 Å². The van der Waals surface area contributed by atoms with Gasteiger partial charge in [-0.25, -0.2) is 14.8 Å². The normalized spacial score (nSPS) is 17.8. The summed E-state index contributed by atoms with van der Waals surface area (Å²) in [6.07, 6.45) is -0.862. The van der Waals surface area contributed by atoms with Crippen LogP contribution < -0.4 is 15.6 Å². The van der Waals surface area contributed by atoms with Crippen molar-refractivity contribution in [3.63, 3.8) is 0 Å². The molecule has 0 aromatic heterocycles. The van der Waals surface area contributed by atoms with Gasteiger partial charge in [-0.15, -0.1) is 0 Å². The topological polar surface area (TPSA) is 118 Å². The van der Waals surface area contributed by atoms with E-state index >= 15 is 0 Å². The number of nitrogens with one attached hydrogen (secondary N) is 2. The Hall–Kier alpha value is -3.70. The quantitative estimate of drug-likeness (QED) is 0.115. The predicted octanol–water partition coefficient (Wildman–Crippen LogP) is 6.09. The Morgan fingerprint density at radius 1 is 1.09 bits per heavy atom. The van der Waals surface area contributed by atoms with E-state index in [0.29, 0.717) is 40.5 Å². The van der Waals surface area contributed by atoms with Crippen LogP contribution in [0, 0.1) is 5.82 Å². The lowest BCUT2D eigenvalue weighted by atomic mass is 9.83. The molecule has 3 N–H and O–H groups in total. The van der Waals surface area contributed by atoms with E-state index in [0.717, 1.165) is 0 Å². The van der Waals surface area contributed by atoms with Gasteiger partial charge in [-0.05, 0) is 69.7 Å². The zero-order valence-corrected chi connectivity index (χ0v) is 26.8. The maximum absolute atomic E-state index is 14.3. The molecule has 0 fully saturated rings. The van der Waals surface area contributed by atoms with Gasteiger partial charge < -0.3 is 19.3 Å². The third-order valence-electron chi connectivity index (χ3n) is 6.84. The van der Waals surface area contributed by atoms with Gasteiger partial charge in [0.05, 0.1) is 6.61 Å². The van der Waals surface area contributed by atoms with Crippen molar-refractivity contribution in [1.82, 2.24) is 10.9 Å². The van der Waals surface area contributed by atoms with Crippen LogP contribution in [0.5, 0.6) is 5.75 Å². The number of ether oxygens (including phenoxy) is 3. The Morgan fingerprint density at radius 2 is 1.82 bits per heavy atom. The molecule has 1 aliphatic heterocycles. The summed E-state index contributed by atoms with van der Waals surface area (Å²) in [4.78, 5) is 31.9. The Morgan fingerprint density at radius 3 is 2.49 bits per heavy atom. The number of aliphatic hydroxyl groups is 1. The van der Waals surface area contributed by atoms with E-state index in [1.54, 1.807) is 75.4 Å². The molecule has 3 aromatic rings. The molecule has 1 amide bonds. The molecular formula is C33H36Cl2FN3O6. The molecule has 0 saturated heterocycles. The van der Waals surface area contributed by atoms with E-state index < -0.39 is 34.9 Å². The van der Waals surface area contributed by atoms with Crippen LogP contribution in [-0.2, 0) is 25.6 Å². The highest BCUT2D eigenvalue weighted by Gasteiger charge is 2.54. The summed E-state index contributed by atoms with van der Waals surface area (Å²) >= 11 is 12.8. The van der Waals surface area contributed by atoms with Crippen molar-refractivity contribution in [3.05, 3.63) is 99.3 Å². The van der Waals surface area contributed by atoms with Crippen molar-refractivity contribution in [2.75, 3.05) is 13.2 Å². The molecule has 3 aromatic carbocycles. The summed E-state index contributed by atoms with van der Waals surface area (Å²) < 4.78 is 31.8. The van der Waals surface area contributed by atoms with Gasteiger partial charge in [0.25, 0.3) is 5.91 Å². The van der Waals surface area contributed by atoms with Crippen LogP contribution in [0.4, 0.5) is 4.39 Å². The molecule has 1 heterocycles. The number of amides is 1. The fourth-order valence-electron chi connectivity index (χ4n) is 4.72. The Bertz CT molecular complexity index is 1530. The van der Waals surface area contributed by atoms with Gasteiger partial charge >= 0.3 is 5.97 Å². The minimum Gasteiger partial charge on any atom is -0.494 e. The average Bonchev–Trinajstić information content (AvgIpc) is 3.37. The molecule has 9 nitrogen and oxygen atoms in total.